The molecule has 0 heterocycles. The van der Waals surface area contributed by atoms with Crippen LogP contribution in [0, 0.1) is 6.92 Å². The molecule has 1 aromatic carbocycles. The number of esters is 1. The van der Waals surface area contributed by atoms with Gasteiger partial charge in [0, 0.05) is 6.92 Å². The first-order valence-electron chi connectivity index (χ1n) is 6.23. The van der Waals surface area contributed by atoms with E-state index in [0.717, 1.165) is 6.42 Å². The molecule has 0 aliphatic rings. The third kappa shape index (κ3) is 4.36. The minimum absolute atomic E-state index is 0.155. The van der Waals surface area contributed by atoms with Crippen LogP contribution in [0.5, 0.6) is 0 Å². The number of benzene rings is 1. The van der Waals surface area contributed by atoms with E-state index in [0.29, 0.717) is 0 Å². The van der Waals surface area contributed by atoms with Crippen molar-refractivity contribution in [3.8, 4) is 0 Å². The first kappa shape index (κ1) is 14.5. The Morgan fingerprint density at radius 1 is 1.33 bits per heavy atom. The molecule has 0 radical (unpaired) electrons. The fraction of sp³-hybridized carbons (Fsp3) is 0.438. The summed E-state index contributed by atoms with van der Waals surface area (Å²) < 4.78 is 4.78. The summed E-state index contributed by atoms with van der Waals surface area (Å²) in [6, 6.07) is 6.55. The normalized spacial score (nSPS) is 11.8. The average molecular weight is 246 g/mol. The molecule has 1 rings (SSSR count). The Labute approximate surface area is 110 Å². The van der Waals surface area contributed by atoms with Crippen LogP contribution in [-0.4, -0.2) is 5.97 Å². The summed E-state index contributed by atoms with van der Waals surface area (Å²) in [7, 11) is 0. The van der Waals surface area contributed by atoms with Gasteiger partial charge in [-0.05, 0) is 41.5 Å². The highest BCUT2D eigenvalue weighted by Gasteiger charge is 2.14. The van der Waals surface area contributed by atoms with Crippen LogP contribution in [-0.2, 0) is 21.4 Å². The van der Waals surface area contributed by atoms with E-state index in [1.165, 1.54) is 29.9 Å². The van der Waals surface area contributed by atoms with Gasteiger partial charge in [-0.25, -0.2) is 0 Å². The Balaban J connectivity index is 2.82. The minimum Gasteiger partial charge on any atom is -0.435 e. The van der Waals surface area contributed by atoms with Gasteiger partial charge >= 0.3 is 5.97 Å². The molecule has 0 aliphatic heterocycles. The second kappa shape index (κ2) is 5.85. The van der Waals surface area contributed by atoms with Crippen molar-refractivity contribution in [2.75, 3.05) is 0 Å². The first-order chi connectivity index (χ1) is 8.30. The molecular formula is C16H22O2. The maximum atomic E-state index is 10.6. The highest BCUT2D eigenvalue weighted by atomic mass is 16.5. The van der Waals surface area contributed by atoms with Gasteiger partial charge in [-0.2, -0.15) is 0 Å². The van der Waals surface area contributed by atoms with E-state index in [9.17, 15) is 4.79 Å². The molecule has 0 saturated heterocycles. The standard InChI is InChI=1S/C16H22O2/c1-12-8-9-15(16(3,4)5)11-14(12)7-6-10-18-13(2)17/h6,8-11H,7H2,1-5H3. The van der Waals surface area contributed by atoms with Crippen molar-refractivity contribution in [1.29, 1.82) is 0 Å². The molecule has 0 aliphatic carbocycles. The lowest BCUT2D eigenvalue weighted by molar-refractivity contribution is -0.135. The third-order valence-corrected chi connectivity index (χ3v) is 2.88. The first-order valence-corrected chi connectivity index (χ1v) is 6.23. The molecule has 0 amide bonds. The van der Waals surface area contributed by atoms with Gasteiger partial charge in [-0.1, -0.05) is 39.0 Å². The molecule has 0 N–H and O–H groups in total. The van der Waals surface area contributed by atoms with Crippen molar-refractivity contribution < 1.29 is 9.53 Å². The second-order valence-electron chi connectivity index (χ2n) is 5.58. The summed E-state index contributed by atoms with van der Waals surface area (Å²) in [5.41, 5.74) is 4.01. The zero-order chi connectivity index (χ0) is 13.8. The summed E-state index contributed by atoms with van der Waals surface area (Å²) >= 11 is 0. The van der Waals surface area contributed by atoms with E-state index in [4.69, 9.17) is 4.74 Å². The van der Waals surface area contributed by atoms with Crippen molar-refractivity contribution in [2.45, 2.75) is 46.5 Å². The Morgan fingerprint density at radius 2 is 2.00 bits per heavy atom. The second-order valence-corrected chi connectivity index (χ2v) is 5.58. The summed E-state index contributed by atoms with van der Waals surface area (Å²) in [5.74, 6) is -0.286. The molecule has 0 fully saturated rings. The zero-order valence-electron chi connectivity index (χ0n) is 11.9. The van der Waals surface area contributed by atoms with Crippen LogP contribution in [0.25, 0.3) is 0 Å². The van der Waals surface area contributed by atoms with Crippen LogP contribution in [0.3, 0.4) is 0 Å². The number of carbonyl (C=O) groups is 1. The summed E-state index contributed by atoms with van der Waals surface area (Å²) in [4.78, 5) is 10.6. The van der Waals surface area contributed by atoms with Gasteiger partial charge in [0.2, 0.25) is 0 Å². The molecule has 98 valence electrons. The third-order valence-electron chi connectivity index (χ3n) is 2.88. The molecular weight excluding hydrogens is 224 g/mol. The highest BCUT2D eigenvalue weighted by molar-refractivity contribution is 5.66. The quantitative estimate of drug-likeness (QED) is 0.597. The monoisotopic (exact) mass is 246 g/mol. The molecule has 0 saturated carbocycles. The van der Waals surface area contributed by atoms with Gasteiger partial charge in [-0.15, -0.1) is 0 Å². The maximum absolute atomic E-state index is 10.6. The van der Waals surface area contributed by atoms with Gasteiger partial charge in [0.1, 0.15) is 0 Å². The van der Waals surface area contributed by atoms with E-state index in [1.807, 2.05) is 6.08 Å². The van der Waals surface area contributed by atoms with Crippen LogP contribution < -0.4 is 0 Å². The van der Waals surface area contributed by atoms with Gasteiger partial charge < -0.3 is 4.74 Å². The molecule has 0 atom stereocenters. The number of aryl methyl sites for hydroxylation is 1. The largest absolute Gasteiger partial charge is 0.435 e. The van der Waals surface area contributed by atoms with Crippen molar-refractivity contribution >= 4 is 5.97 Å². The predicted octanol–water partition coefficient (Wildman–Crippen LogP) is 3.91. The van der Waals surface area contributed by atoms with Crippen molar-refractivity contribution in [3.63, 3.8) is 0 Å². The maximum Gasteiger partial charge on any atom is 0.307 e. The molecule has 0 bridgehead atoms. The lowest BCUT2D eigenvalue weighted by Gasteiger charge is -2.20. The van der Waals surface area contributed by atoms with E-state index in [2.05, 4.69) is 45.9 Å². The van der Waals surface area contributed by atoms with Crippen molar-refractivity contribution in [1.82, 2.24) is 0 Å². The topological polar surface area (TPSA) is 26.3 Å². The van der Waals surface area contributed by atoms with Gasteiger partial charge in [0.15, 0.2) is 0 Å². The van der Waals surface area contributed by atoms with Crippen LogP contribution in [0.1, 0.15) is 44.4 Å². The van der Waals surface area contributed by atoms with Gasteiger partial charge in [-0.3, -0.25) is 4.79 Å². The molecule has 2 nitrogen and oxygen atoms in total. The fourth-order valence-electron chi connectivity index (χ4n) is 1.68. The Bertz CT molecular complexity index is 451. The average Bonchev–Trinajstić information content (AvgIpc) is 2.24. The lowest BCUT2D eigenvalue weighted by atomic mass is 9.85. The molecule has 0 spiro atoms. The fourth-order valence-corrected chi connectivity index (χ4v) is 1.68. The molecule has 18 heavy (non-hydrogen) atoms. The summed E-state index contributed by atoms with van der Waals surface area (Å²) in [6.45, 7) is 10.1. The van der Waals surface area contributed by atoms with E-state index < -0.39 is 0 Å². The van der Waals surface area contributed by atoms with Crippen molar-refractivity contribution in [2.24, 2.45) is 0 Å². The van der Waals surface area contributed by atoms with Crippen LogP contribution in [0.15, 0.2) is 30.5 Å². The number of ether oxygens (including phenoxy) is 1. The minimum atomic E-state index is -0.286. The summed E-state index contributed by atoms with van der Waals surface area (Å²) in [5, 5.41) is 0. The smallest absolute Gasteiger partial charge is 0.307 e. The number of hydrogen-bond acceptors (Lipinski definition) is 2. The van der Waals surface area contributed by atoms with E-state index in [-0.39, 0.29) is 11.4 Å². The highest BCUT2D eigenvalue weighted by Crippen LogP contribution is 2.24. The van der Waals surface area contributed by atoms with Gasteiger partial charge in [0.25, 0.3) is 0 Å². The Kier molecular flexibility index (Phi) is 4.71. The molecule has 0 aromatic heterocycles. The van der Waals surface area contributed by atoms with E-state index >= 15 is 0 Å². The number of allylic oxidation sites excluding steroid dienone is 1. The molecule has 0 unspecified atom stereocenters. The SMILES string of the molecule is CC(=O)OC=CCc1cc(C(C)(C)C)ccc1C. The Hall–Kier alpha value is -1.57. The van der Waals surface area contributed by atoms with E-state index in [1.54, 1.807) is 0 Å². The number of hydrogen-bond donors (Lipinski definition) is 0. The van der Waals surface area contributed by atoms with Crippen molar-refractivity contribution in [3.05, 3.63) is 47.2 Å². The molecule has 1 aromatic rings. The van der Waals surface area contributed by atoms with Gasteiger partial charge in [0.05, 0.1) is 6.26 Å². The Morgan fingerprint density at radius 3 is 2.56 bits per heavy atom. The number of rotatable bonds is 3. The lowest BCUT2D eigenvalue weighted by Crippen LogP contribution is -2.11. The van der Waals surface area contributed by atoms with Crippen LogP contribution in [0.2, 0.25) is 0 Å². The molecule has 2 heteroatoms. The predicted molar refractivity (Wildman–Crippen MR) is 74.5 cm³/mol. The zero-order valence-corrected chi connectivity index (χ0v) is 11.9. The van der Waals surface area contributed by atoms with Crippen LogP contribution >= 0.6 is 0 Å². The summed E-state index contributed by atoms with van der Waals surface area (Å²) in [6.07, 6.45) is 4.12. The van der Waals surface area contributed by atoms with Crippen LogP contribution in [0.4, 0.5) is 0 Å². The number of carbonyl (C=O) groups excluding carboxylic acids is 1.